The van der Waals surface area contributed by atoms with Crippen LogP contribution in [0.15, 0.2) is 66.9 Å². The van der Waals surface area contributed by atoms with Crippen molar-refractivity contribution in [1.82, 2.24) is 15.2 Å². The van der Waals surface area contributed by atoms with Crippen molar-refractivity contribution in [3.63, 3.8) is 0 Å². The molecule has 128 valence electrons. The number of methoxy groups -OCH3 is 1. The number of H-pyrrole nitrogens is 1. The molecule has 4 rings (SSSR count). The van der Waals surface area contributed by atoms with Crippen LogP contribution in [0, 0.1) is 0 Å². The predicted molar refractivity (Wildman–Crippen MR) is 100 cm³/mol. The summed E-state index contributed by atoms with van der Waals surface area (Å²) in [5.74, 6) is 0.928. The number of fused-ring (bicyclic) bond motifs is 1. The highest BCUT2D eigenvalue weighted by Gasteiger charge is 2.11. The molecule has 0 fully saturated rings. The summed E-state index contributed by atoms with van der Waals surface area (Å²) in [4.78, 5) is 16.8. The molecule has 0 bridgehead atoms. The smallest absolute Gasteiger partial charge is 0.258 e. The largest absolute Gasteiger partial charge is 0.497 e. The van der Waals surface area contributed by atoms with E-state index in [4.69, 9.17) is 4.74 Å². The highest BCUT2D eigenvalue weighted by atomic mass is 16.5. The normalized spacial score (nSPS) is 10.7. The summed E-state index contributed by atoms with van der Waals surface area (Å²) in [7, 11) is 1.61. The van der Waals surface area contributed by atoms with E-state index < -0.39 is 0 Å². The lowest BCUT2D eigenvalue weighted by Gasteiger charge is -2.05. The number of aromatic amines is 1. The van der Waals surface area contributed by atoms with Crippen molar-refractivity contribution in [3.05, 3.63) is 72.4 Å². The fourth-order valence-electron chi connectivity index (χ4n) is 2.69. The number of aromatic nitrogens is 3. The molecule has 0 aliphatic carbocycles. The summed E-state index contributed by atoms with van der Waals surface area (Å²) in [5, 5.41) is 10.7. The highest BCUT2D eigenvalue weighted by molar-refractivity contribution is 6.05. The molecule has 0 spiro atoms. The number of nitrogens with zero attached hydrogens (tertiary/aromatic N) is 2. The van der Waals surface area contributed by atoms with Gasteiger partial charge in [-0.15, -0.1) is 0 Å². The summed E-state index contributed by atoms with van der Waals surface area (Å²) < 4.78 is 5.19. The molecule has 0 aliphatic heterocycles. The number of nitrogens with one attached hydrogen (secondary N) is 2. The summed E-state index contributed by atoms with van der Waals surface area (Å²) >= 11 is 0. The topological polar surface area (TPSA) is 79.9 Å². The van der Waals surface area contributed by atoms with Crippen molar-refractivity contribution in [1.29, 1.82) is 0 Å². The Morgan fingerprint density at radius 3 is 2.73 bits per heavy atom. The van der Waals surface area contributed by atoms with Gasteiger partial charge in [0.15, 0.2) is 5.82 Å². The first-order valence-electron chi connectivity index (χ1n) is 8.09. The summed E-state index contributed by atoms with van der Waals surface area (Å²) in [6.45, 7) is 0. The minimum absolute atomic E-state index is 0.263. The first-order chi connectivity index (χ1) is 12.7. The van der Waals surface area contributed by atoms with E-state index in [-0.39, 0.29) is 5.91 Å². The number of benzene rings is 2. The van der Waals surface area contributed by atoms with Crippen molar-refractivity contribution >= 4 is 22.6 Å². The van der Waals surface area contributed by atoms with Gasteiger partial charge >= 0.3 is 0 Å². The Bertz CT molecular complexity index is 1070. The molecule has 1 amide bonds. The van der Waals surface area contributed by atoms with Crippen LogP contribution in [0.5, 0.6) is 5.75 Å². The second kappa shape index (κ2) is 6.68. The lowest BCUT2D eigenvalue weighted by molar-refractivity contribution is 0.102. The lowest BCUT2D eigenvalue weighted by Crippen LogP contribution is -2.12. The van der Waals surface area contributed by atoms with Crippen molar-refractivity contribution < 1.29 is 9.53 Å². The number of ether oxygens (including phenoxy) is 1. The SMILES string of the molecule is COc1ccc2cc(C(=O)Nc3cc(-c4ccccc4)[nH]n3)cnc2c1. The maximum absolute atomic E-state index is 12.5. The fraction of sp³-hybridized carbons (Fsp3) is 0.0500. The van der Waals surface area contributed by atoms with E-state index in [1.807, 2.05) is 48.5 Å². The molecule has 2 aromatic heterocycles. The van der Waals surface area contributed by atoms with Gasteiger partial charge in [-0.2, -0.15) is 5.10 Å². The number of amides is 1. The van der Waals surface area contributed by atoms with Crippen molar-refractivity contribution in [2.24, 2.45) is 0 Å². The maximum Gasteiger partial charge on any atom is 0.258 e. The monoisotopic (exact) mass is 344 g/mol. The van der Waals surface area contributed by atoms with Crippen LogP contribution >= 0.6 is 0 Å². The Hall–Kier alpha value is -3.67. The Morgan fingerprint density at radius 2 is 1.92 bits per heavy atom. The lowest BCUT2D eigenvalue weighted by atomic mass is 10.1. The summed E-state index contributed by atoms with van der Waals surface area (Å²) in [5.41, 5.74) is 3.07. The second-order valence-corrected chi connectivity index (χ2v) is 5.77. The van der Waals surface area contributed by atoms with E-state index in [0.717, 1.165) is 27.9 Å². The number of carbonyl (C=O) groups excluding carboxylic acids is 1. The van der Waals surface area contributed by atoms with Gasteiger partial charge in [0.1, 0.15) is 5.75 Å². The maximum atomic E-state index is 12.5. The number of anilines is 1. The van der Waals surface area contributed by atoms with E-state index in [1.165, 1.54) is 0 Å². The minimum atomic E-state index is -0.263. The van der Waals surface area contributed by atoms with Gasteiger partial charge in [0.25, 0.3) is 5.91 Å². The van der Waals surface area contributed by atoms with Crippen LogP contribution in [0.3, 0.4) is 0 Å². The standard InChI is InChI=1S/C20H16N4O2/c1-26-16-8-7-14-9-15(12-21-17(14)10-16)20(25)22-19-11-18(23-24-19)13-5-3-2-4-6-13/h2-12H,1H3,(H2,22,23,24,25). The molecule has 2 N–H and O–H groups in total. The van der Waals surface area contributed by atoms with Crippen LogP contribution < -0.4 is 10.1 Å². The molecule has 0 atom stereocenters. The van der Waals surface area contributed by atoms with Crippen LogP contribution in [0.25, 0.3) is 22.2 Å². The van der Waals surface area contributed by atoms with Crippen molar-refractivity contribution in [2.45, 2.75) is 0 Å². The minimum Gasteiger partial charge on any atom is -0.497 e. The van der Waals surface area contributed by atoms with E-state index in [0.29, 0.717) is 11.4 Å². The van der Waals surface area contributed by atoms with Crippen LogP contribution in [0.1, 0.15) is 10.4 Å². The molecule has 6 heteroatoms. The third-order valence-electron chi connectivity index (χ3n) is 4.06. The average molecular weight is 344 g/mol. The average Bonchev–Trinajstić information content (AvgIpc) is 3.16. The molecular weight excluding hydrogens is 328 g/mol. The van der Waals surface area contributed by atoms with Gasteiger partial charge in [-0.3, -0.25) is 14.9 Å². The number of rotatable bonds is 4. The van der Waals surface area contributed by atoms with Crippen molar-refractivity contribution in [2.75, 3.05) is 12.4 Å². The Kier molecular flexibility index (Phi) is 4.07. The highest BCUT2D eigenvalue weighted by Crippen LogP contribution is 2.21. The third kappa shape index (κ3) is 3.12. The van der Waals surface area contributed by atoms with Gasteiger partial charge in [0.05, 0.1) is 23.9 Å². The quantitative estimate of drug-likeness (QED) is 0.589. The zero-order valence-electron chi connectivity index (χ0n) is 14.1. The van der Waals surface area contributed by atoms with Crippen LogP contribution in [0.2, 0.25) is 0 Å². The van der Waals surface area contributed by atoms with Gasteiger partial charge in [0, 0.05) is 23.7 Å². The van der Waals surface area contributed by atoms with Gasteiger partial charge in [0.2, 0.25) is 0 Å². The molecule has 26 heavy (non-hydrogen) atoms. The Balaban J connectivity index is 1.55. The zero-order valence-corrected chi connectivity index (χ0v) is 14.1. The number of pyridine rings is 1. The molecule has 0 unspecified atom stereocenters. The molecule has 0 saturated carbocycles. The van der Waals surface area contributed by atoms with Crippen molar-refractivity contribution in [3.8, 4) is 17.0 Å². The first kappa shape index (κ1) is 15.8. The van der Waals surface area contributed by atoms with Gasteiger partial charge < -0.3 is 10.1 Å². The van der Waals surface area contributed by atoms with Gasteiger partial charge in [-0.1, -0.05) is 30.3 Å². The third-order valence-corrected chi connectivity index (χ3v) is 4.06. The Morgan fingerprint density at radius 1 is 1.08 bits per heavy atom. The zero-order chi connectivity index (χ0) is 17.9. The molecule has 0 saturated heterocycles. The number of hydrogen-bond acceptors (Lipinski definition) is 4. The van der Waals surface area contributed by atoms with Crippen LogP contribution in [-0.4, -0.2) is 28.2 Å². The molecule has 0 radical (unpaired) electrons. The van der Waals surface area contributed by atoms with E-state index >= 15 is 0 Å². The van der Waals surface area contributed by atoms with Crippen LogP contribution in [0.4, 0.5) is 5.82 Å². The molecule has 6 nitrogen and oxygen atoms in total. The van der Waals surface area contributed by atoms with Crippen LogP contribution in [-0.2, 0) is 0 Å². The van der Waals surface area contributed by atoms with E-state index in [2.05, 4.69) is 20.5 Å². The number of hydrogen-bond donors (Lipinski definition) is 2. The molecule has 2 aromatic carbocycles. The first-order valence-corrected chi connectivity index (χ1v) is 8.09. The predicted octanol–water partition coefficient (Wildman–Crippen LogP) is 3.89. The number of carbonyl (C=O) groups is 1. The Labute approximate surface area is 149 Å². The molecule has 2 heterocycles. The molecular formula is C20H16N4O2. The fourth-order valence-corrected chi connectivity index (χ4v) is 2.69. The molecule has 4 aromatic rings. The van der Waals surface area contributed by atoms with Gasteiger partial charge in [-0.05, 0) is 23.8 Å². The van der Waals surface area contributed by atoms with E-state index in [9.17, 15) is 4.79 Å². The van der Waals surface area contributed by atoms with Gasteiger partial charge in [-0.25, -0.2) is 0 Å². The molecule has 0 aliphatic rings. The van der Waals surface area contributed by atoms with E-state index in [1.54, 1.807) is 25.4 Å². The summed E-state index contributed by atoms with van der Waals surface area (Å²) in [6.07, 6.45) is 1.54. The summed E-state index contributed by atoms with van der Waals surface area (Å²) in [6, 6.07) is 18.9. The second-order valence-electron chi connectivity index (χ2n) is 5.77.